The molecular formula is C6H6NO2S2. The highest BCUT2D eigenvalue weighted by molar-refractivity contribution is 7.90. The van der Waals surface area contributed by atoms with Gasteiger partial charge in [0.25, 0.3) is 0 Å². The normalized spacial score (nSPS) is 11.4. The van der Waals surface area contributed by atoms with Crippen molar-refractivity contribution in [1.82, 2.24) is 4.98 Å². The molecule has 5 heteroatoms. The topological polar surface area (TPSA) is 47.0 Å². The van der Waals surface area contributed by atoms with Gasteiger partial charge in [-0.05, 0) is 12.1 Å². The standard InChI is InChI=1S/C6H6NO2S2/c1-11(8,9)5-2-3-6(10)7-4-5/h2-4H,1H3. The van der Waals surface area contributed by atoms with Crippen LogP contribution in [0.2, 0.25) is 0 Å². The number of nitrogens with zero attached hydrogens (tertiary/aromatic N) is 1. The second-order valence-corrected chi connectivity index (χ2v) is 4.54. The SMILES string of the molecule is CS(=O)(=O)c1ccc([S])nc1. The fourth-order valence-corrected chi connectivity index (χ4v) is 1.27. The fraction of sp³-hybridized carbons (Fsp3) is 0.167. The van der Waals surface area contributed by atoms with Crippen molar-refractivity contribution in [3.8, 4) is 0 Å². The molecule has 0 spiro atoms. The number of hydrogen-bond donors (Lipinski definition) is 0. The van der Waals surface area contributed by atoms with E-state index in [1.54, 1.807) is 0 Å². The summed E-state index contributed by atoms with van der Waals surface area (Å²) in [6, 6.07) is 2.94. The lowest BCUT2D eigenvalue weighted by atomic mass is 10.5. The van der Waals surface area contributed by atoms with Crippen LogP contribution in [0.5, 0.6) is 0 Å². The van der Waals surface area contributed by atoms with Gasteiger partial charge in [0.15, 0.2) is 9.84 Å². The highest BCUT2D eigenvalue weighted by atomic mass is 32.2. The van der Waals surface area contributed by atoms with Gasteiger partial charge < -0.3 is 0 Å². The van der Waals surface area contributed by atoms with E-state index in [2.05, 4.69) is 17.6 Å². The first-order valence-electron chi connectivity index (χ1n) is 2.83. The molecule has 1 heterocycles. The molecule has 0 N–H and O–H groups in total. The van der Waals surface area contributed by atoms with E-state index in [1.165, 1.54) is 18.3 Å². The van der Waals surface area contributed by atoms with Crippen molar-refractivity contribution in [2.45, 2.75) is 9.92 Å². The molecule has 0 aromatic carbocycles. The Bertz CT molecular complexity index is 341. The maximum atomic E-state index is 10.9. The van der Waals surface area contributed by atoms with Crippen LogP contribution in [0, 0.1) is 0 Å². The highest BCUT2D eigenvalue weighted by Gasteiger charge is 2.05. The van der Waals surface area contributed by atoms with Crippen LogP contribution in [0.15, 0.2) is 28.3 Å². The Labute approximate surface area is 70.8 Å². The Hall–Kier alpha value is -0.680. The summed E-state index contributed by atoms with van der Waals surface area (Å²) in [7, 11) is -3.13. The molecule has 0 bridgehead atoms. The van der Waals surface area contributed by atoms with E-state index in [1.807, 2.05) is 0 Å². The lowest BCUT2D eigenvalue weighted by Gasteiger charge is -1.95. The second kappa shape index (κ2) is 2.75. The predicted molar refractivity (Wildman–Crippen MR) is 43.2 cm³/mol. The van der Waals surface area contributed by atoms with Crippen LogP contribution in [0.25, 0.3) is 0 Å². The van der Waals surface area contributed by atoms with E-state index in [4.69, 9.17) is 0 Å². The van der Waals surface area contributed by atoms with Crippen LogP contribution in [0.4, 0.5) is 0 Å². The van der Waals surface area contributed by atoms with E-state index in [0.29, 0.717) is 5.03 Å². The average molecular weight is 188 g/mol. The fourth-order valence-electron chi connectivity index (χ4n) is 0.586. The molecular weight excluding hydrogens is 182 g/mol. The number of pyridine rings is 1. The van der Waals surface area contributed by atoms with Crippen molar-refractivity contribution in [3.63, 3.8) is 0 Å². The summed E-state index contributed by atoms with van der Waals surface area (Å²) in [5, 5.41) is 0.400. The number of rotatable bonds is 1. The summed E-state index contributed by atoms with van der Waals surface area (Å²) in [4.78, 5) is 3.88. The van der Waals surface area contributed by atoms with Gasteiger partial charge >= 0.3 is 0 Å². The van der Waals surface area contributed by atoms with Gasteiger partial charge in [0.2, 0.25) is 0 Å². The summed E-state index contributed by atoms with van der Waals surface area (Å²) in [5.74, 6) is 0. The van der Waals surface area contributed by atoms with Gasteiger partial charge in [-0.25, -0.2) is 13.4 Å². The van der Waals surface area contributed by atoms with E-state index in [9.17, 15) is 8.42 Å². The summed E-state index contributed by atoms with van der Waals surface area (Å²) in [6.45, 7) is 0. The average Bonchev–Trinajstić information content (AvgIpc) is 1.86. The molecule has 1 aromatic heterocycles. The Morgan fingerprint density at radius 3 is 2.45 bits per heavy atom. The van der Waals surface area contributed by atoms with Crippen LogP contribution in [0.1, 0.15) is 0 Å². The molecule has 11 heavy (non-hydrogen) atoms. The van der Waals surface area contributed by atoms with Gasteiger partial charge in [-0.2, -0.15) is 0 Å². The molecule has 0 unspecified atom stereocenters. The third-order valence-electron chi connectivity index (χ3n) is 1.14. The first kappa shape index (κ1) is 8.42. The van der Waals surface area contributed by atoms with E-state index in [0.717, 1.165) is 6.26 Å². The molecule has 59 valence electrons. The Balaban J connectivity index is 3.20. The first-order chi connectivity index (χ1) is 5.00. The maximum Gasteiger partial charge on any atom is 0.177 e. The summed E-state index contributed by atoms with van der Waals surface area (Å²) >= 11 is 4.69. The minimum atomic E-state index is -3.13. The molecule has 0 saturated carbocycles. The smallest absolute Gasteiger partial charge is 0.177 e. The minimum Gasteiger partial charge on any atom is -0.244 e. The van der Waals surface area contributed by atoms with Crippen molar-refractivity contribution in [3.05, 3.63) is 18.3 Å². The third kappa shape index (κ3) is 2.13. The molecule has 0 saturated heterocycles. The lowest BCUT2D eigenvalue weighted by Crippen LogP contribution is -1.96. The molecule has 1 aromatic rings. The third-order valence-corrected chi connectivity index (χ3v) is 2.48. The van der Waals surface area contributed by atoms with E-state index < -0.39 is 9.84 Å². The van der Waals surface area contributed by atoms with Gasteiger partial charge in [0, 0.05) is 12.5 Å². The molecule has 1 radical (unpaired) electrons. The molecule has 3 nitrogen and oxygen atoms in total. The van der Waals surface area contributed by atoms with Crippen molar-refractivity contribution in [1.29, 1.82) is 0 Å². The van der Waals surface area contributed by atoms with Crippen LogP contribution >= 0.6 is 12.6 Å². The molecule has 0 aliphatic rings. The van der Waals surface area contributed by atoms with Gasteiger partial charge in [0.05, 0.1) is 4.90 Å². The zero-order valence-electron chi connectivity index (χ0n) is 5.81. The largest absolute Gasteiger partial charge is 0.244 e. The zero-order chi connectivity index (χ0) is 8.48. The molecule has 0 fully saturated rings. The van der Waals surface area contributed by atoms with Crippen LogP contribution < -0.4 is 0 Å². The quantitative estimate of drug-likeness (QED) is 0.661. The van der Waals surface area contributed by atoms with E-state index >= 15 is 0 Å². The number of hydrogen-bond acceptors (Lipinski definition) is 3. The van der Waals surface area contributed by atoms with Crippen molar-refractivity contribution >= 4 is 22.5 Å². The van der Waals surface area contributed by atoms with Gasteiger partial charge in [-0.1, -0.05) is 12.6 Å². The Morgan fingerprint density at radius 1 is 1.45 bits per heavy atom. The lowest BCUT2D eigenvalue weighted by molar-refractivity contribution is 0.601. The van der Waals surface area contributed by atoms with Gasteiger partial charge in [-0.15, -0.1) is 0 Å². The molecule has 1 rings (SSSR count). The van der Waals surface area contributed by atoms with E-state index in [-0.39, 0.29) is 4.90 Å². The summed E-state index contributed by atoms with van der Waals surface area (Å²) < 4.78 is 21.7. The maximum absolute atomic E-state index is 10.9. The first-order valence-corrected chi connectivity index (χ1v) is 5.13. The van der Waals surface area contributed by atoms with Crippen molar-refractivity contribution in [2.75, 3.05) is 6.26 Å². The second-order valence-electron chi connectivity index (χ2n) is 2.10. The summed E-state index contributed by atoms with van der Waals surface area (Å²) in [6.07, 6.45) is 2.39. The van der Waals surface area contributed by atoms with Gasteiger partial charge in [-0.3, -0.25) is 0 Å². The van der Waals surface area contributed by atoms with Crippen LogP contribution in [-0.2, 0) is 9.84 Å². The zero-order valence-corrected chi connectivity index (χ0v) is 7.45. The van der Waals surface area contributed by atoms with Crippen LogP contribution in [-0.4, -0.2) is 19.7 Å². The molecule has 0 atom stereocenters. The molecule has 0 aliphatic heterocycles. The van der Waals surface area contributed by atoms with Crippen molar-refractivity contribution in [2.24, 2.45) is 0 Å². The monoisotopic (exact) mass is 188 g/mol. The molecule has 0 aliphatic carbocycles. The van der Waals surface area contributed by atoms with Gasteiger partial charge in [0.1, 0.15) is 5.03 Å². The predicted octanol–water partition coefficient (Wildman–Crippen LogP) is 1.04. The minimum absolute atomic E-state index is 0.200. The Morgan fingerprint density at radius 2 is 2.09 bits per heavy atom. The number of aromatic nitrogens is 1. The Kier molecular flexibility index (Phi) is 2.10. The highest BCUT2D eigenvalue weighted by Crippen LogP contribution is 2.08. The number of sulfone groups is 1. The van der Waals surface area contributed by atoms with Crippen LogP contribution in [0.3, 0.4) is 0 Å². The van der Waals surface area contributed by atoms with Crippen molar-refractivity contribution < 1.29 is 8.42 Å². The molecule has 0 amide bonds. The summed E-state index contributed by atoms with van der Waals surface area (Å²) in [5.41, 5.74) is 0.